The van der Waals surface area contributed by atoms with Gasteiger partial charge in [-0.15, -0.1) is 0 Å². The van der Waals surface area contributed by atoms with Crippen LogP contribution in [0, 0.1) is 17.2 Å². The molecule has 1 atom stereocenters. The van der Waals surface area contributed by atoms with Crippen LogP contribution in [0.4, 0.5) is 0 Å². The number of sulfone groups is 1. The summed E-state index contributed by atoms with van der Waals surface area (Å²) in [7, 11) is -2.80. The predicted molar refractivity (Wildman–Crippen MR) is 86.2 cm³/mol. The summed E-state index contributed by atoms with van der Waals surface area (Å²) < 4.78 is 23.1. The van der Waals surface area contributed by atoms with E-state index in [4.69, 9.17) is 0 Å². The third-order valence-electron chi connectivity index (χ3n) is 5.09. The van der Waals surface area contributed by atoms with Crippen LogP contribution < -0.4 is 0 Å². The van der Waals surface area contributed by atoms with E-state index in [2.05, 4.69) is 11.0 Å². The quantitative estimate of drug-likeness (QED) is 0.855. The highest BCUT2D eigenvalue weighted by Crippen LogP contribution is 2.35. The number of hydrogen-bond acceptors (Lipinski definition) is 4. The minimum atomic E-state index is -2.80. The molecule has 0 bridgehead atoms. The summed E-state index contributed by atoms with van der Waals surface area (Å²) >= 11 is 0. The third kappa shape index (κ3) is 3.18. The molecule has 2 aliphatic heterocycles. The van der Waals surface area contributed by atoms with E-state index in [1.54, 1.807) is 0 Å². The number of nitriles is 1. The zero-order chi connectivity index (χ0) is 15.6. The van der Waals surface area contributed by atoms with E-state index in [-0.39, 0.29) is 11.3 Å². The summed E-state index contributed by atoms with van der Waals surface area (Å²) in [6, 6.07) is 12.6. The fourth-order valence-electron chi connectivity index (χ4n) is 3.72. The van der Waals surface area contributed by atoms with Gasteiger partial charge in [0.2, 0.25) is 0 Å². The van der Waals surface area contributed by atoms with E-state index < -0.39 is 9.84 Å². The van der Waals surface area contributed by atoms with Crippen molar-refractivity contribution >= 4 is 9.84 Å². The van der Waals surface area contributed by atoms with Gasteiger partial charge in [0.25, 0.3) is 0 Å². The summed E-state index contributed by atoms with van der Waals surface area (Å²) in [4.78, 5) is 2.34. The van der Waals surface area contributed by atoms with Crippen molar-refractivity contribution in [3.63, 3.8) is 0 Å². The van der Waals surface area contributed by atoms with E-state index in [1.165, 1.54) is 0 Å². The first-order chi connectivity index (χ1) is 10.5. The first kappa shape index (κ1) is 15.5. The van der Waals surface area contributed by atoms with Gasteiger partial charge in [-0.3, -0.25) is 0 Å². The largest absolute Gasteiger partial charge is 0.303 e. The van der Waals surface area contributed by atoms with Crippen LogP contribution in [-0.2, 0) is 15.3 Å². The molecule has 0 amide bonds. The summed E-state index contributed by atoms with van der Waals surface area (Å²) in [6.45, 7) is 2.60. The van der Waals surface area contributed by atoms with Gasteiger partial charge in [0.15, 0.2) is 9.84 Å². The van der Waals surface area contributed by atoms with Crippen LogP contribution in [0.25, 0.3) is 0 Å². The molecule has 1 unspecified atom stereocenters. The highest BCUT2D eigenvalue weighted by Gasteiger charge is 2.37. The Morgan fingerprint density at radius 1 is 1.23 bits per heavy atom. The maximum absolute atomic E-state index is 11.6. The third-order valence-corrected chi connectivity index (χ3v) is 6.93. The molecular weight excluding hydrogens is 296 g/mol. The lowest BCUT2D eigenvalue weighted by molar-refractivity contribution is 0.167. The van der Waals surface area contributed by atoms with Gasteiger partial charge in [-0.25, -0.2) is 8.42 Å². The molecule has 5 heteroatoms. The molecule has 118 valence electrons. The molecule has 1 aromatic carbocycles. The van der Waals surface area contributed by atoms with Crippen molar-refractivity contribution in [1.29, 1.82) is 5.26 Å². The van der Waals surface area contributed by atoms with Gasteiger partial charge < -0.3 is 4.90 Å². The molecule has 0 saturated carbocycles. The van der Waals surface area contributed by atoms with Gasteiger partial charge in [0.1, 0.15) is 0 Å². The van der Waals surface area contributed by atoms with Crippen LogP contribution in [0.5, 0.6) is 0 Å². The van der Waals surface area contributed by atoms with Crippen LogP contribution in [0.3, 0.4) is 0 Å². The van der Waals surface area contributed by atoms with Gasteiger partial charge in [0, 0.05) is 6.54 Å². The number of likely N-dealkylation sites (tertiary alicyclic amines) is 1. The predicted octanol–water partition coefficient (Wildman–Crippen LogP) is 1.98. The molecule has 0 radical (unpaired) electrons. The molecule has 0 spiro atoms. The van der Waals surface area contributed by atoms with E-state index >= 15 is 0 Å². The Labute approximate surface area is 132 Å². The van der Waals surface area contributed by atoms with Gasteiger partial charge in [0.05, 0.1) is 23.0 Å². The maximum atomic E-state index is 11.6. The number of piperidine rings is 1. The van der Waals surface area contributed by atoms with Crippen LogP contribution in [0.1, 0.15) is 24.8 Å². The van der Waals surface area contributed by atoms with Gasteiger partial charge >= 0.3 is 0 Å². The van der Waals surface area contributed by atoms with Crippen molar-refractivity contribution in [3.8, 4) is 6.07 Å². The average Bonchev–Trinajstić information content (AvgIpc) is 2.88. The molecule has 1 aromatic rings. The minimum absolute atomic E-state index is 0.274. The Kier molecular flexibility index (Phi) is 4.24. The van der Waals surface area contributed by atoms with Crippen molar-refractivity contribution in [2.45, 2.75) is 24.7 Å². The lowest BCUT2D eigenvalue weighted by atomic mass is 9.74. The second-order valence-electron chi connectivity index (χ2n) is 6.63. The fraction of sp³-hybridized carbons (Fsp3) is 0.588. The van der Waals surface area contributed by atoms with Gasteiger partial charge in [-0.1, -0.05) is 30.3 Å². The highest BCUT2D eigenvalue weighted by molar-refractivity contribution is 7.91. The molecule has 2 heterocycles. The number of hydrogen-bond donors (Lipinski definition) is 0. The van der Waals surface area contributed by atoms with Crippen LogP contribution in [-0.4, -0.2) is 44.5 Å². The van der Waals surface area contributed by atoms with Crippen molar-refractivity contribution < 1.29 is 8.42 Å². The monoisotopic (exact) mass is 318 g/mol. The second-order valence-corrected chi connectivity index (χ2v) is 8.86. The lowest BCUT2D eigenvalue weighted by Gasteiger charge is -2.38. The Bertz CT molecular complexity index is 656. The van der Waals surface area contributed by atoms with Crippen molar-refractivity contribution in [2.24, 2.45) is 5.92 Å². The van der Waals surface area contributed by atoms with Crippen LogP contribution in [0.15, 0.2) is 30.3 Å². The average molecular weight is 318 g/mol. The second kappa shape index (κ2) is 6.02. The van der Waals surface area contributed by atoms with Gasteiger partial charge in [-0.2, -0.15) is 5.26 Å². The van der Waals surface area contributed by atoms with E-state index in [1.807, 2.05) is 30.3 Å². The molecule has 2 fully saturated rings. The molecule has 0 aliphatic carbocycles. The standard InChI is InChI=1S/C17H22N2O2S/c18-14-17(16-4-2-1-3-5-16)7-9-19(10-8-17)12-15-6-11-22(20,21)13-15/h1-5,15H,6-13H2. The summed E-state index contributed by atoms with van der Waals surface area (Å²) in [6.07, 6.45) is 2.45. The fourth-order valence-corrected chi connectivity index (χ4v) is 5.57. The molecule has 2 aliphatic rings. The van der Waals surface area contributed by atoms with Crippen LogP contribution in [0.2, 0.25) is 0 Å². The van der Waals surface area contributed by atoms with E-state index in [9.17, 15) is 13.7 Å². The lowest BCUT2D eigenvalue weighted by Crippen LogP contribution is -2.43. The van der Waals surface area contributed by atoms with Crippen molar-refractivity contribution in [1.82, 2.24) is 4.90 Å². The summed E-state index contributed by atoms with van der Waals surface area (Å²) in [5, 5.41) is 9.69. The number of rotatable bonds is 3. The molecular formula is C17H22N2O2S. The zero-order valence-electron chi connectivity index (χ0n) is 12.7. The molecule has 3 rings (SSSR count). The Morgan fingerprint density at radius 3 is 2.45 bits per heavy atom. The Hall–Kier alpha value is -1.38. The topological polar surface area (TPSA) is 61.2 Å². The molecule has 2 saturated heterocycles. The zero-order valence-corrected chi connectivity index (χ0v) is 13.6. The minimum Gasteiger partial charge on any atom is -0.303 e. The molecule has 0 aromatic heterocycles. The first-order valence-electron chi connectivity index (χ1n) is 7.93. The Morgan fingerprint density at radius 2 is 1.91 bits per heavy atom. The smallest absolute Gasteiger partial charge is 0.150 e. The maximum Gasteiger partial charge on any atom is 0.150 e. The Balaban J connectivity index is 1.61. The summed E-state index contributed by atoms with van der Waals surface area (Å²) in [5.74, 6) is 0.958. The molecule has 22 heavy (non-hydrogen) atoms. The van der Waals surface area contributed by atoms with Gasteiger partial charge in [-0.05, 0) is 43.8 Å². The molecule has 0 N–H and O–H groups in total. The summed E-state index contributed by atoms with van der Waals surface area (Å²) in [5.41, 5.74) is 0.736. The highest BCUT2D eigenvalue weighted by atomic mass is 32.2. The van der Waals surface area contributed by atoms with Crippen molar-refractivity contribution in [3.05, 3.63) is 35.9 Å². The molecule has 4 nitrogen and oxygen atoms in total. The normalized spacial score (nSPS) is 27.3. The van der Waals surface area contributed by atoms with Crippen LogP contribution >= 0.6 is 0 Å². The number of benzene rings is 1. The van der Waals surface area contributed by atoms with Crippen molar-refractivity contribution in [2.75, 3.05) is 31.1 Å². The first-order valence-corrected chi connectivity index (χ1v) is 9.75. The number of nitrogens with zero attached hydrogens (tertiary/aromatic N) is 2. The SMILES string of the molecule is N#CC1(c2ccccc2)CCN(CC2CCS(=O)(=O)C2)CC1. The van der Waals surface area contributed by atoms with E-state index in [0.717, 1.165) is 44.5 Å². The van der Waals surface area contributed by atoms with E-state index in [0.29, 0.717) is 11.5 Å².